The van der Waals surface area contributed by atoms with Crippen LogP contribution >= 0.6 is 15.9 Å². The van der Waals surface area contributed by atoms with Gasteiger partial charge in [0, 0.05) is 22.1 Å². The zero-order valence-corrected chi connectivity index (χ0v) is 17.4. The first kappa shape index (κ1) is 19.8. The molecule has 4 rings (SSSR count). The lowest BCUT2D eigenvalue weighted by Crippen LogP contribution is -2.33. The normalized spacial score (nSPS) is 14.2. The molecular formula is C18H15BrF2N4O3S. The van der Waals surface area contributed by atoms with Gasteiger partial charge >= 0.3 is 0 Å². The van der Waals surface area contributed by atoms with Crippen LogP contribution in [-0.4, -0.2) is 36.6 Å². The zero-order chi connectivity index (χ0) is 20.9. The van der Waals surface area contributed by atoms with E-state index in [2.05, 4.69) is 31.2 Å². The minimum absolute atomic E-state index is 0.231. The van der Waals surface area contributed by atoms with Gasteiger partial charge in [-0.25, -0.2) is 22.2 Å². The van der Waals surface area contributed by atoms with Crippen molar-refractivity contribution in [1.82, 2.24) is 9.97 Å². The number of nitrogens with one attached hydrogen (secondary N) is 2. The average molecular weight is 485 g/mol. The molecule has 1 saturated carbocycles. The van der Waals surface area contributed by atoms with E-state index in [1.807, 2.05) is 0 Å². The number of H-pyrrole nitrogens is 1. The Morgan fingerprint density at radius 1 is 1.34 bits per heavy atom. The lowest BCUT2D eigenvalue weighted by Gasteiger charge is -2.23. The van der Waals surface area contributed by atoms with Crippen molar-refractivity contribution in [1.29, 1.82) is 0 Å². The summed E-state index contributed by atoms with van der Waals surface area (Å²) < 4.78 is 55.2. The molecule has 152 valence electrons. The van der Waals surface area contributed by atoms with Crippen molar-refractivity contribution in [3.05, 3.63) is 52.3 Å². The fourth-order valence-corrected chi connectivity index (χ4v) is 4.78. The molecule has 0 saturated heterocycles. The summed E-state index contributed by atoms with van der Waals surface area (Å²) in [5.41, 5.74) is -0.398. The third-order valence-electron chi connectivity index (χ3n) is 4.51. The highest BCUT2D eigenvalue weighted by molar-refractivity contribution is 9.10. The van der Waals surface area contributed by atoms with Crippen molar-refractivity contribution in [3.63, 3.8) is 0 Å². The van der Waals surface area contributed by atoms with Gasteiger partial charge in [0.1, 0.15) is 17.0 Å². The molecule has 1 fully saturated rings. The second kappa shape index (κ2) is 7.06. The van der Waals surface area contributed by atoms with E-state index >= 15 is 4.39 Å². The number of amides is 1. The first-order valence-corrected chi connectivity index (χ1v) is 11.2. The summed E-state index contributed by atoms with van der Waals surface area (Å²) in [5.74, 6) is -3.36. The number of carbonyl (C=O) groups is 1. The summed E-state index contributed by atoms with van der Waals surface area (Å²) in [6.07, 6.45) is 5.11. The van der Waals surface area contributed by atoms with Crippen LogP contribution in [0.15, 0.2) is 35.1 Å². The summed E-state index contributed by atoms with van der Waals surface area (Å²) in [7, 11) is -3.79. The van der Waals surface area contributed by atoms with Gasteiger partial charge in [-0.15, -0.1) is 0 Å². The van der Waals surface area contributed by atoms with Crippen molar-refractivity contribution in [3.8, 4) is 0 Å². The van der Waals surface area contributed by atoms with Crippen LogP contribution in [0.4, 0.5) is 20.2 Å². The molecule has 1 aromatic carbocycles. The van der Waals surface area contributed by atoms with Crippen LogP contribution in [0.5, 0.6) is 0 Å². The van der Waals surface area contributed by atoms with E-state index in [0.717, 1.165) is 22.7 Å². The summed E-state index contributed by atoms with van der Waals surface area (Å²) >= 11 is 3.33. The van der Waals surface area contributed by atoms with Gasteiger partial charge in [-0.05, 0) is 47.0 Å². The largest absolute Gasteiger partial charge is 0.345 e. The number of hydrogen-bond donors (Lipinski definition) is 2. The van der Waals surface area contributed by atoms with Gasteiger partial charge in [0.2, 0.25) is 10.0 Å². The minimum Gasteiger partial charge on any atom is -0.345 e. The summed E-state index contributed by atoms with van der Waals surface area (Å²) in [4.78, 5) is 19.7. The molecule has 0 atom stereocenters. The number of benzene rings is 1. The number of fused-ring (bicyclic) bond motifs is 1. The van der Waals surface area contributed by atoms with Crippen molar-refractivity contribution in [2.24, 2.45) is 0 Å². The molecule has 2 heterocycles. The molecule has 3 aromatic rings. The van der Waals surface area contributed by atoms with Gasteiger partial charge in [0.05, 0.1) is 23.8 Å². The van der Waals surface area contributed by atoms with Gasteiger partial charge in [-0.3, -0.25) is 9.10 Å². The Morgan fingerprint density at radius 2 is 2.07 bits per heavy atom. The summed E-state index contributed by atoms with van der Waals surface area (Å²) in [5, 5.41) is 3.09. The van der Waals surface area contributed by atoms with Crippen molar-refractivity contribution in [2.75, 3.05) is 15.9 Å². The highest BCUT2D eigenvalue weighted by Gasteiger charge is 2.38. The predicted molar refractivity (Wildman–Crippen MR) is 108 cm³/mol. The van der Waals surface area contributed by atoms with E-state index in [0.29, 0.717) is 28.3 Å². The van der Waals surface area contributed by atoms with Gasteiger partial charge < -0.3 is 10.3 Å². The molecule has 1 amide bonds. The molecule has 1 aliphatic rings. The number of sulfonamides is 1. The maximum Gasteiger partial charge on any atom is 0.261 e. The molecular weight excluding hydrogens is 470 g/mol. The van der Waals surface area contributed by atoms with E-state index in [-0.39, 0.29) is 11.4 Å². The van der Waals surface area contributed by atoms with Gasteiger partial charge in [-0.2, -0.15) is 0 Å². The fourth-order valence-electron chi connectivity index (χ4n) is 3.11. The molecule has 0 radical (unpaired) electrons. The van der Waals surface area contributed by atoms with E-state index in [9.17, 15) is 17.6 Å². The quantitative estimate of drug-likeness (QED) is 0.575. The Kier molecular flexibility index (Phi) is 4.82. The topological polar surface area (TPSA) is 95.2 Å². The van der Waals surface area contributed by atoms with Crippen molar-refractivity contribution in [2.45, 2.75) is 18.9 Å². The number of anilines is 2. The number of rotatable bonds is 5. The highest BCUT2D eigenvalue weighted by Crippen LogP contribution is 2.36. The Bertz CT molecular complexity index is 1240. The molecule has 29 heavy (non-hydrogen) atoms. The van der Waals surface area contributed by atoms with Gasteiger partial charge in [0.15, 0.2) is 5.82 Å². The van der Waals surface area contributed by atoms with Crippen LogP contribution in [0.3, 0.4) is 0 Å². The Balaban J connectivity index is 1.71. The van der Waals surface area contributed by atoms with Gasteiger partial charge in [-0.1, -0.05) is 0 Å². The highest BCUT2D eigenvalue weighted by atomic mass is 79.9. The van der Waals surface area contributed by atoms with Crippen molar-refractivity contribution >= 4 is 54.3 Å². The van der Waals surface area contributed by atoms with Crippen LogP contribution in [0.25, 0.3) is 11.0 Å². The number of nitrogens with zero attached hydrogens (tertiary/aromatic N) is 2. The SMILES string of the molecule is CS(=O)(=O)N(c1ccc(F)c(C(=O)Nc2cnc3[nH]cc(Br)c3c2)c1F)C1CC1. The molecule has 0 bridgehead atoms. The van der Waals surface area contributed by atoms with Crippen LogP contribution in [0.1, 0.15) is 23.2 Å². The van der Waals surface area contributed by atoms with Gasteiger partial charge in [0.25, 0.3) is 5.91 Å². The summed E-state index contributed by atoms with van der Waals surface area (Å²) in [6.45, 7) is 0. The molecule has 0 spiro atoms. The third-order valence-corrected chi connectivity index (χ3v) is 6.38. The number of pyridine rings is 1. The Labute approximate surface area is 173 Å². The minimum atomic E-state index is -3.79. The zero-order valence-electron chi connectivity index (χ0n) is 15.0. The fraction of sp³-hybridized carbons (Fsp3) is 0.222. The Morgan fingerprint density at radius 3 is 2.72 bits per heavy atom. The monoisotopic (exact) mass is 484 g/mol. The Hall–Kier alpha value is -2.53. The molecule has 0 unspecified atom stereocenters. The second-order valence-corrected chi connectivity index (χ2v) is 9.47. The van der Waals surface area contributed by atoms with Crippen LogP contribution < -0.4 is 9.62 Å². The first-order chi connectivity index (χ1) is 13.7. The molecule has 0 aliphatic heterocycles. The average Bonchev–Trinajstić information content (AvgIpc) is 3.39. The maximum atomic E-state index is 15.1. The molecule has 2 aromatic heterocycles. The van der Waals surface area contributed by atoms with Crippen molar-refractivity contribution < 1.29 is 22.0 Å². The van der Waals surface area contributed by atoms with Crippen LogP contribution in [0, 0.1) is 11.6 Å². The lowest BCUT2D eigenvalue weighted by atomic mass is 10.1. The number of halogens is 3. The second-order valence-electron chi connectivity index (χ2n) is 6.76. The lowest BCUT2D eigenvalue weighted by molar-refractivity contribution is 0.101. The van der Waals surface area contributed by atoms with E-state index in [1.54, 1.807) is 12.3 Å². The van der Waals surface area contributed by atoms with Crippen LogP contribution in [0.2, 0.25) is 0 Å². The van der Waals surface area contributed by atoms with E-state index in [4.69, 9.17) is 0 Å². The van der Waals surface area contributed by atoms with E-state index < -0.39 is 39.2 Å². The first-order valence-electron chi connectivity index (χ1n) is 8.58. The van der Waals surface area contributed by atoms with E-state index in [1.165, 1.54) is 6.20 Å². The predicted octanol–water partition coefficient (Wildman–Crippen LogP) is 3.78. The number of hydrogen-bond acceptors (Lipinski definition) is 4. The molecule has 7 nitrogen and oxygen atoms in total. The standard InChI is InChI=1S/C18H15BrF2N4O3S/c1-29(27,28)25(10-2-3-10)14-5-4-13(20)15(16(14)21)18(26)24-9-6-11-12(19)8-23-17(11)22-7-9/h4-8,10H,2-3H2,1H3,(H,22,23)(H,24,26). The molecule has 2 N–H and O–H groups in total. The van der Waals surface area contributed by atoms with Crippen LogP contribution in [-0.2, 0) is 10.0 Å². The smallest absolute Gasteiger partial charge is 0.261 e. The number of aromatic amines is 1. The number of carbonyl (C=O) groups excluding carboxylic acids is 1. The molecule has 11 heteroatoms. The molecule has 1 aliphatic carbocycles. The maximum absolute atomic E-state index is 15.1. The number of aromatic nitrogens is 2. The third kappa shape index (κ3) is 3.71. The summed E-state index contributed by atoms with van der Waals surface area (Å²) in [6, 6.07) is 3.12.